The van der Waals surface area contributed by atoms with E-state index in [0.717, 1.165) is 42.6 Å². The summed E-state index contributed by atoms with van der Waals surface area (Å²) < 4.78 is 0. The van der Waals surface area contributed by atoms with Crippen LogP contribution in [0, 0.1) is 0 Å². The lowest BCUT2D eigenvalue weighted by molar-refractivity contribution is 0.0617. The quantitative estimate of drug-likeness (QED) is 0.865. The maximum atomic E-state index is 13.3. The molecule has 0 radical (unpaired) electrons. The van der Waals surface area contributed by atoms with Gasteiger partial charge in [-0.15, -0.1) is 0 Å². The molecule has 0 bridgehead atoms. The second-order valence-corrected chi connectivity index (χ2v) is 6.51. The fourth-order valence-electron chi connectivity index (χ4n) is 3.36. The molecule has 1 aromatic heterocycles. The first kappa shape index (κ1) is 18.1. The summed E-state index contributed by atoms with van der Waals surface area (Å²) in [4.78, 5) is 19.7. The van der Waals surface area contributed by atoms with Gasteiger partial charge in [-0.1, -0.05) is 55.6 Å². The van der Waals surface area contributed by atoms with Crippen LogP contribution in [0.1, 0.15) is 40.0 Å². The Bertz CT molecular complexity index is 779. The van der Waals surface area contributed by atoms with Crippen LogP contribution < -0.4 is 5.32 Å². The van der Waals surface area contributed by atoms with E-state index in [-0.39, 0.29) is 11.9 Å². The van der Waals surface area contributed by atoms with E-state index < -0.39 is 0 Å². The fraction of sp³-hybridized carbons (Fsp3) is 0.273. The number of aromatic nitrogens is 1. The van der Waals surface area contributed by atoms with E-state index >= 15 is 0 Å². The molecule has 1 saturated heterocycles. The molecule has 2 heterocycles. The van der Waals surface area contributed by atoms with Gasteiger partial charge in [0, 0.05) is 18.8 Å². The minimum absolute atomic E-state index is 0.0283. The first-order valence-corrected chi connectivity index (χ1v) is 9.03. The molecule has 0 saturated carbocycles. The zero-order valence-corrected chi connectivity index (χ0v) is 15.0. The molecule has 0 spiro atoms. The molecule has 2 aromatic rings. The molecule has 0 aliphatic carbocycles. The third-order valence-corrected chi connectivity index (χ3v) is 4.83. The van der Waals surface area contributed by atoms with Crippen molar-refractivity contribution in [2.45, 2.75) is 25.4 Å². The molecular weight excluding hydrogens is 322 g/mol. The summed E-state index contributed by atoms with van der Waals surface area (Å²) in [5.74, 6) is -0.0283. The first-order chi connectivity index (χ1) is 12.7. The molecule has 4 nitrogen and oxygen atoms in total. The topological polar surface area (TPSA) is 45.2 Å². The average molecular weight is 347 g/mol. The molecular formula is C22H25N3O. The second-order valence-electron chi connectivity index (χ2n) is 6.51. The highest BCUT2D eigenvalue weighted by Gasteiger charge is 2.27. The Kier molecular flexibility index (Phi) is 5.97. The summed E-state index contributed by atoms with van der Waals surface area (Å²) in [5, 5.41) is 3.37. The summed E-state index contributed by atoms with van der Waals surface area (Å²) in [6.07, 6.45) is 7.07. The van der Waals surface area contributed by atoms with Crippen LogP contribution in [0.3, 0.4) is 0 Å². The second kappa shape index (κ2) is 8.59. The molecule has 1 aromatic carbocycles. The maximum absolute atomic E-state index is 13.3. The lowest BCUT2D eigenvalue weighted by atomic mass is 10.0. The fourth-order valence-corrected chi connectivity index (χ4v) is 3.36. The van der Waals surface area contributed by atoms with Crippen molar-refractivity contribution < 1.29 is 4.79 Å². The molecule has 134 valence electrons. The Morgan fingerprint density at radius 3 is 2.50 bits per heavy atom. The van der Waals surface area contributed by atoms with E-state index in [1.165, 1.54) is 0 Å². The van der Waals surface area contributed by atoms with Crippen LogP contribution in [0.15, 0.2) is 55.8 Å². The van der Waals surface area contributed by atoms with Gasteiger partial charge >= 0.3 is 0 Å². The molecule has 1 amide bonds. The van der Waals surface area contributed by atoms with Crippen molar-refractivity contribution in [1.82, 2.24) is 15.2 Å². The monoisotopic (exact) mass is 347 g/mol. The molecule has 1 aliphatic rings. The number of nitrogens with one attached hydrogen (secondary N) is 1. The van der Waals surface area contributed by atoms with Crippen molar-refractivity contribution in [3.8, 4) is 0 Å². The molecule has 0 unspecified atom stereocenters. The largest absolute Gasteiger partial charge is 0.330 e. The molecule has 1 aliphatic heterocycles. The van der Waals surface area contributed by atoms with Crippen molar-refractivity contribution in [1.29, 1.82) is 0 Å². The van der Waals surface area contributed by atoms with Crippen LogP contribution in [-0.2, 0) is 6.54 Å². The Labute approximate surface area is 155 Å². The van der Waals surface area contributed by atoms with E-state index in [2.05, 4.69) is 35.6 Å². The minimum atomic E-state index is -0.0283. The van der Waals surface area contributed by atoms with Crippen LogP contribution in [-0.4, -0.2) is 34.9 Å². The SMILES string of the molecule is C=Cc1cnc(C(=O)N(Cc2ccccc2)C2CCNCC2)cc1C=C. The van der Waals surface area contributed by atoms with Gasteiger partial charge in [0.05, 0.1) is 0 Å². The highest BCUT2D eigenvalue weighted by atomic mass is 16.2. The summed E-state index contributed by atoms with van der Waals surface area (Å²) in [5.41, 5.74) is 3.35. The Morgan fingerprint density at radius 2 is 1.85 bits per heavy atom. The van der Waals surface area contributed by atoms with E-state index in [1.54, 1.807) is 18.3 Å². The Balaban J connectivity index is 1.91. The summed E-state index contributed by atoms with van der Waals surface area (Å²) >= 11 is 0. The Morgan fingerprint density at radius 1 is 1.15 bits per heavy atom. The summed E-state index contributed by atoms with van der Waals surface area (Å²) in [6.45, 7) is 10.1. The van der Waals surface area contributed by atoms with Gasteiger partial charge in [-0.25, -0.2) is 0 Å². The van der Waals surface area contributed by atoms with Crippen molar-refractivity contribution in [2.24, 2.45) is 0 Å². The van der Waals surface area contributed by atoms with Gasteiger partial charge in [-0.2, -0.15) is 0 Å². The highest BCUT2D eigenvalue weighted by Crippen LogP contribution is 2.20. The normalized spacial score (nSPS) is 14.6. The molecule has 26 heavy (non-hydrogen) atoms. The van der Waals surface area contributed by atoms with Crippen LogP contribution in [0.25, 0.3) is 12.2 Å². The average Bonchev–Trinajstić information content (AvgIpc) is 2.72. The number of carbonyl (C=O) groups excluding carboxylic acids is 1. The van der Waals surface area contributed by atoms with Crippen LogP contribution in [0.4, 0.5) is 0 Å². The van der Waals surface area contributed by atoms with E-state index in [9.17, 15) is 4.79 Å². The van der Waals surface area contributed by atoms with E-state index in [1.807, 2.05) is 29.2 Å². The summed E-state index contributed by atoms with van der Waals surface area (Å²) in [6, 6.07) is 12.2. The van der Waals surface area contributed by atoms with Gasteiger partial charge < -0.3 is 10.2 Å². The zero-order chi connectivity index (χ0) is 18.4. The van der Waals surface area contributed by atoms with Gasteiger partial charge in [-0.05, 0) is 48.7 Å². The van der Waals surface area contributed by atoms with Crippen molar-refractivity contribution in [2.75, 3.05) is 13.1 Å². The third kappa shape index (κ3) is 4.09. The van der Waals surface area contributed by atoms with Gasteiger partial charge in [0.1, 0.15) is 5.69 Å². The maximum Gasteiger partial charge on any atom is 0.273 e. The predicted molar refractivity (Wildman–Crippen MR) is 107 cm³/mol. The number of rotatable bonds is 6. The number of hydrogen-bond acceptors (Lipinski definition) is 3. The van der Waals surface area contributed by atoms with Gasteiger partial charge in [0.25, 0.3) is 5.91 Å². The molecule has 4 heteroatoms. The predicted octanol–water partition coefficient (Wildman–Crippen LogP) is 3.76. The van der Waals surface area contributed by atoms with Gasteiger partial charge in [0.15, 0.2) is 0 Å². The van der Waals surface area contributed by atoms with Crippen LogP contribution >= 0.6 is 0 Å². The van der Waals surface area contributed by atoms with Crippen molar-refractivity contribution >= 4 is 18.1 Å². The van der Waals surface area contributed by atoms with Crippen molar-refractivity contribution in [3.05, 3.63) is 78.1 Å². The smallest absolute Gasteiger partial charge is 0.273 e. The number of nitrogens with zero attached hydrogens (tertiary/aromatic N) is 2. The zero-order valence-electron chi connectivity index (χ0n) is 15.0. The molecule has 3 rings (SSSR count). The number of piperidine rings is 1. The van der Waals surface area contributed by atoms with Gasteiger partial charge in [-0.3, -0.25) is 9.78 Å². The van der Waals surface area contributed by atoms with E-state index in [4.69, 9.17) is 0 Å². The number of carbonyl (C=O) groups is 1. The van der Waals surface area contributed by atoms with Gasteiger partial charge in [0.2, 0.25) is 0 Å². The number of amides is 1. The third-order valence-electron chi connectivity index (χ3n) is 4.83. The Hall–Kier alpha value is -2.72. The lowest BCUT2D eigenvalue weighted by Crippen LogP contribution is -2.46. The molecule has 1 N–H and O–H groups in total. The molecule has 0 atom stereocenters. The molecule has 1 fully saturated rings. The minimum Gasteiger partial charge on any atom is -0.330 e. The number of pyridine rings is 1. The van der Waals surface area contributed by atoms with Crippen molar-refractivity contribution in [3.63, 3.8) is 0 Å². The van der Waals surface area contributed by atoms with E-state index in [0.29, 0.717) is 12.2 Å². The number of benzene rings is 1. The lowest BCUT2D eigenvalue weighted by Gasteiger charge is -2.34. The van der Waals surface area contributed by atoms with Crippen LogP contribution in [0.2, 0.25) is 0 Å². The van der Waals surface area contributed by atoms with Crippen LogP contribution in [0.5, 0.6) is 0 Å². The number of hydrogen-bond donors (Lipinski definition) is 1. The first-order valence-electron chi connectivity index (χ1n) is 9.03. The highest BCUT2D eigenvalue weighted by molar-refractivity contribution is 5.93. The standard InChI is InChI=1S/C22H25N3O/c1-3-18-14-21(24-15-19(18)4-2)22(26)25(20-10-12-23-13-11-20)16-17-8-6-5-7-9-17/h3-9,14-15,20,23H,1-2,10-13,16H2. The summed E-state index contributed by atoms with van der Waals surface area (Å²) in [7, 11) is 0.